The Morgan fingerprint density at radius 2 is 2.00 bits per heavy atom. The van der Waals surface area contributed by atoms with Gasteiger partial charge in [0, 0.05) is 12.6 Å². The number of nitrogens with one attached hydrogen (secondary N) is 1. The highest BCUT2D eigenvalue weighted by Crippen LogP contribution is 1.97. The average molecular weight is 158 g/mol. The molecule has 1 N–H and O–H groups in total. The second kappa shape index (κ2) is 6.62. The maximum Gasteiger partial charge on any atom is 0.0191 e. The summed E-state index contributed by atoms with van der Waals surface area (Å²) in [4.78, 5) is 2.34. The van der Waals surface area contributed by atoms with Crippen LogP contribution in [-0.2, 0) is 0 Å². The molecule has 0 saturated carbocycles. The van der Waals surface area contributed by atoms with Gasteiger partial charge in [-0.25, -0.2) is 0 Å². The highest BCUT2D eigenvalue weighted by Gasteiger charge is 2.05. The molecule has 0 heterocycles. The van der Waals surface area contributed by atoms with Gasteiger partial charge in [-0.15, -0.1) is 0 Å². The summed E-state index contributed by atoms with van der Waals surface area (Å²) in [6.07, 6.45) is 2.55. The van der Waals surface area contributed by atoms with Crippen LogP contribution in [0.4, 0.5) is 0 Å². The lowest BCUT2D eigenvalue weighted by Gasteiger charge is -2.21. The van der Waals surface area contributed by atoms with Gasteiger partial charge in [0.2, 0.25) is 0 Å². The van der Waals surface area contributed by atoms with Gasteiger partial charge in [-0.3, -0.25) is 0 Å². The summed E-state index contributed by atoms with van der Waals surface area (Å²) in [5.41, 5.74) is 0. The molecule has 0 spiro atoms. The van der Waals surface area contributed by atoms with Crippen LogP contribution in [0.5, 0.6) is 0 Å². The van der Waals surface area contributed by atoms with E-state index in [4.69, 9.17) is 0 Å². The Morgan fingerprint density at radius 1 is 1.36 bits per heavy atom. The molecule has 11 heavy (non-hydrogen) atoms. The summed E-state index contributed by atoms with van der Waals surface area (Å²) < 4.78 is 0. The maximum atomic E-state index is 3.33. The Morgan fingerprint density at radius 3 is 2.36 bits per heavy atom. The largest absolute Gasteiger partial charge is 0.316 e. The molecule has 0 bridgehead atoms. The third-order valence-corrected chi connectivity index (χ3v) is 2.12. The van der Waals surface area contributed by atoms with Crippen molar-refractivity contribution in [3.8, 4) is 0 Å². The summed E-state index contributed by atoms with van der Waals surface area (Å²) in [5.74, 6) is 0. The van der Waals surface area contributed by atoms with E-state index in [1.807, 2.05) is 7.05 Å². The summed E-state index contributed by atoms with van der Waals surface area (Å²) >= 11 is 0. The minimum absolute atomic E-state index is 0.671. The molecule has 0 saturated heterocycles. The van der Waals surface area contributed by atoms with E-state index in [0.717, 1.165) is 6.54 Å². The predicted octanol–water partition coefficient (Wildman–Crippen LogP) is 1.33. The number of hydrogen-bond acceptors (Lipinski definition) is 2. The lowest BCUT2D eigenvalue weighted by Crippen LogP contribution is -2.37. The Balaban J connectivity index is 3.49. The van der Waals surface area contributed by atoms with Crippen molar-refractivity contribution in [2.24, 2.45) is 0 Å². The average Bonchev–Trinajstić information content (AvgIpc) is 2.03. The molecule has 0 aromatic carbocycles. The Bertz CT molecular complexity index is 83.6. The summed E-state index contributed by atoms with van der Waals surface area (Å²) in [6, 6.07) is 0.671. The van der Waals surface area contributed by atoms with Gasteiger partial charge in [-0.05, 0) is 27.1 Å². The zero-order valence-electron chi connectivity index (χ0n) is 8.35. The normalized spacial score (nSPS) is 13.9. The first-order chi connectivity index (χ1) is 5.24. The van der Waals surface area contributed by atoms with Crippen molar-refractivity contribution in [2.45, 2.75) is 32.7 Å². The first-order valence-electron chi connectivity index (χ1n) is 4.60. The van der Waals surface area contributed by atoms with Crippen molar-refractivity contribution >= 4 is 0 Å². The minimum atomic E-state index is 0.671. The monoisotopic (exact) mass is 158 g/mol. The lowest BCUT2D eigenvalue weighted by atomic mass is 10.1. The molecule has 0 rings (SSSR count). The van der Waals surface area contributed by atoms with E-state index in [9.17, 15) is 0 Å². The van der Waals surface area contributed by atoms with Crippen LogP contribution in [-0.4, -0.2) is 38.1 Å². The van der Waals surface area contributed by atoms with Gasteiger partial charge in [0.25, 0.3) is 0 Å². The summed E-state index contributed by atoms with van der Waals surface area (Å²) in [5, 5.41) is 3.33. The standard InChI is InChI=1S/C9H22N2/c1-5-7-9(10-3)8-11(4)6-2/h9-10H,5-8H2,1-4H3. The highest BCUT2D eigenvalue weighted by atomic mass is 15.1. The van der Waals surface area contributed by atoms with Crippen molar-refractivity contribution in [1.82, 2.24) is 10.2 Å². The smallest absolute Gasteiger partial charge is 0.0191 e. The van der Waals surface area contributed by atoms with Gasteiger partial charge in [-0.1, -0.05) is 20.3 Å². The van der Waals surface area contributed by atoms with Gasteiger partial charge >= 0.3 is 0 Å². The Hall–Kier alpha value is -0.0800. The molecule has 0 amide bonds. The first-order valence-corrected chi connectivity index (χ1v) is 4.60. The summed E-state index contributed by atoms with van der Waals surface area (Å²) in [6.45, 7) is 6.73. The van der Waals surface area contributed by atoms with Crippen LogP contribution in [0.1, 0.15) is 26.7 Å². The second-order valence-corrected chi connectivity index (χ2v) is 3.13. The van der Waals surface area contributed by atoms with Crippen molar-refractivity contribution in [2.75, 3.05) is 27.2 Å². The van der Waals surface area contributed by atoms with Crippen molar-refractivity contribution in [1.29, 1.82) is 0 Å². The van der Waals surface area contributed by atoms with Crippen molar-refractivity contribution < 1.29 is 0 Å². The Labute approximate surface area is 71.0 Å². The summed E-state index contributed by atoms with van der Waals surface area (Å²) in [7, 11) is 4.21. The van der Waals surface area contributed by atoms with Crippen molar-refractivity contribution in [3.05, 3.63) is 0 Å². The van der Waals surface area contributed by atoms with Crippen molar-refractivity contribution in [3.63, 3.8) is 0 Å². The maximum absolute atomic E-state index is 3.33. The third-order valence-electron chi connectivity index (χ3n) is 2.12. The highest BCUT2D eigenvalue weighted by molar-refractivity contribution is 4.66. The van der Waals surface area contributed by atoms with Gasteiger partial charge in [0.15, 0.2) is 0 Å². The molecule has 0 radical (unpaired) electrons. The molecule has 0 aromatic rings. The van der Waals surface area contributed by atoms with Gasteiger partial charge < -0.3 is 10.2 Å². The molecule has 0 fully saturated rings. The van der Waals surface area contributed by atoms with Crippen LogP contribution >= 0.6 is 0 Å². The molecule has 68 valence electrons. The second-order valence-electron chi connectivity index (χ2n) is 3.13. The number of rotatable bonds is 6. The van der Waals surface area contributed by atoms with Crippen LogP contribution in [0.2, 0.25) is 0 Å². The lowest BCUT2D eigenvalue weighted by molar-refractivity contribution is 0.299. The van der Waals surface area contributed by atoms with E-state index < -0.39 is 0 Å². The molecule has 2 heteroatoms. The number of hydrogen-bond donors (Lipinski definition) is 1. The topological polar surface area (TPSA) is 15.3 Å². The van der Waals surface area contributed by atoms with Crippen LogP contribution in [0.25, 0.3) is 0 Å². The molecule has 0 aliphatic rings. The third kappa shape index (κ3) is 5.22. The van der Waals surface area contributed by atoms with E-state index in [1.54, 1.807) is 0 Å². The molecule has 1 unspecified atom stereocenters. The van der Waals surface area contributed by atoms with Crippen LogP contribution in [0.15, 0.2) is 0 Å². The van der Waals surface area contributed by atoms with Gasteiger partial charge in [0.1, 0.15) is 0 Å². The SMILES string of the molecule is CCCC(CN(C)CC)NC. The zero-order chi connectivity index (χ0) is 8.69. The quantitative estimate of drug-likeness (QED) is 0.627. The molecule has 0 aliphatic heterocycles. The molecule has 0 aliphatic carbocycles. The van der Waals surface area contributed by atoms with E-state index in [0.29, 0.717) is 6.04 Å². The first kappa shape index (κ1) is 10.9. The predicted molar refractivity (Wildman–Crippen MR) is 50.9 cm³/mol. The Kier molecular flexibility index (Phi) is 6.57. The molecule has 2 nitrogen and oxygen atoms in total. The molecule has 0 aromatic heterocycles. The fraction of sp³-hybridized carbons (Fsp3) is 1.00. The van der Waals surface area contributed by atoms with Crippen LogP contribution in [0, 0.1) is 0 Å². The fourth-order valence-electron chi connectivity index (χ4n) is 1.18. The zero-order valence-corrected chi connectivity index (χ0v) is 8.35. The van der Waals surface area contributed by atoms with Crippen LogP contribution in [0.3, 0.4) is 0 Å². The minimum Gasteiger partial charge on any atom is -0.316 e. The van der Waals surface area contributed by atoms with Gasteiger partial charge in [-0.2, -0.15) is 0 Å². The molecular weight excluding hydrogens is 136 g/mol. The van der Waals surface area contributed by atoms with Gasteiger partial charge in [0.05, 0.1) is 0 Å². The van der Waals surface area contributed by atoms with E-state index in [2.05, 4.69) is 31.1 Å². The fourth-order valence-corrected chi connectivity index (χ4v) is 1.18. The molecular formula is C9H22N2. The molecule has 1 atom stereocenters. The van der Waals surface area contributed by atoms with Crippen LogP contribution < -0.4 is 5.32 Å². The van der Waals surface area contributed by atoms with E-state index >= 15 is 0 Å². The number of nitrogens with zero attached hydrogens (tertiary/aromatic N) is 1. The van der Waals surface area contributed by atoms with E-state index in [1.165, 1.54) is 19.4 Å². The number of likely N-dealkylation sites (N-methyl/N-ethyl adjacent to an activating group) is 2. The van der Waals surface area contributed by atoms with E-state index in [-0.39, 0.29) is 0 Å².